The Bertz CT molecular complexity index is 669. The van der Waals surface area contributed by atoms with Gasteiger partial charge >= 0.3 is 6.18 Å². The van der Waals surface area contributed by atoms with Crippen LogP contribution in [0.1, 0.15) is 45.6 Å². The molecule has 132 valence electrons. The van der Waals surface area contributed by atoms with Crippen LogP contribution in [-0.2, 0) is 6.18 Å². The van der Waals surface area contributed by atoms with Crippen LogP contribution in [0.5, 0.6) is 0 Å². The molecule has 0 aromatic heterocycles. The van der Waals surface area contributed by atoms with E-state index in [0.29, 0.717) is 12.0 Å². The first kappa shape index (κ1) is 18.2. The highest BCUT2D eigenvalue weighted by Gasteiger charge is 2.33. The maximum absolute atomic E-state index is 12.7. The van der Waals surface area contributed by atoms with Gasteiger partial charge < -0.3 is 0 Å². The fourth-order valence-electron chi connectivity index (χ4n) is 3.29. The van der Waals surface area contributed by atoms with E-state index in [-0.39, 0.29) is 11.1 Å². The van der Waals surface area contributed by atoms with Crippen LogP contribution in [0, 0.1) is 21.4 Å². The number of benzene rings is 1. The lowest BCUT2D eigenvalue weighted by Gasteiger charge is -2.34. The predicted octanol–water partition coefficient (Wildman–Crippen LogP) is 5.23. The zero-order valence-corrected chi connectivity index (χ0v) is 13.8. The lowest BCUT2D eigenvalue weighted by atomic mass is 9.72. The number of hydrogen-bond donors (Lipinski definition) is 1. The first-order chi connectivity index (χ1) is 11.0. The average Bonchev–Trinajstić information content (AvgIpc) is 2.41. The van der Waals surface area contributed by atoms with E-state index in [1.54, 1.807) is 0 Å². The fraction of sp³-hybridized carbons (Fsp3) is 0.562. The summed E-state index contributed by atoms with van der Waals surface area (Å²) in [4.78, 5) is 10.2. The molecule has 5 nitrogen and oxygen atoms in total. The lowest BCUT2D eigenvalue weighted by Crippen LogP contribution is -2.28. The molecule has 0 amide bonds. The summed E-state index contributed by atoms with van der Waals surface area (Å²) < 4.78 is 38.1. The summed E-state index contributed by atoms with van der Waals surface area (Å²) in [5.74, 6) is 0.442. The Labute approximate surface area is 138 Å². The van der Waals surface area contributed by atoms with E-state index in [1.807, 2.05) is 0 Å². The maximum Gasteiger partial charge on any atom is 0.416 e. The predicted molar refractivity (Wildman–Crippen MR) is 86.0 cm³/mol. The van der Waals surface area contributed by atoms with Crippen LogP contribution in [0.3, 0.4) is 0 Å². The van der Waals surface area contributed by atoms with Crippen molar-refractivity contribution in [2.45, 2.75) is 46.2 Å². The number of hydrogen-bond acceptors (Lipinski definition) is 4. The summed E-state index contributed by atoms with van der Waals surface area (Å²) >= 11 is 0. The quantitative estimate of drug-likeness (QED) is 0.604. The molecule has 1 N–H and O–H groups in total. The van der Waals surface area contributed by atoms with Crippen molar-refractivity contribution in [3.05, 3.63) is 33.9 Å². The van der Waals surface area contributed by atoms with Crippen molar-refractivity contribution in [2.75, 3.05) is 5.43 Å². The standard InChI is InChI=1S/C16H20F3N3O2/c1-10-6-12(9-15(2,3)8-10)20-21-13-5-4-11(16(17,18)19)7-14(13)22(23)24/h4-5,7,10,21H,6,8-9H2,1-3H3/b20-12-/t10-/m1/s1. The van der Waals surface area contributed by atoms with E-state index in [1.165, 1.54) is 0 Å². The summed E-state index contributed by atoms with van der Waals surface area (Å²) in [6, 6.07) is 2.38. The van der Waals surface area contributed by atoms with Gasteiger partial charge in [0.05, 0.1) is 10.5 Å². The van der Waals surface area contributed by atoms with E-state index < -0.39 is 22.4 Å². The Morgan fingerprint density at radius 3 is 2.58 bits per heavy atom. The van der Waals surface area contributed by atoms with Crippen molar-refractivity contribution in [1.29, 1.82) is 0 Å². The SMILES string of the molecule is C[C@@H]1C/C(=N/Nc2ccc(C(F)(F)F)cc2[N+](=O)[O-])CC(C)(C)C1. The molecule has 0 unspecified atom stereocenters. The smallest absolute Gasteiger partial charge is 0.272 e. The number of rotatable bonds is 3. The highest BCUT2D eigenvalue weighted by Crippen LogP contribution is 2.38. The van der Waals surface area contributed by atoms with E-state index in [4.69, 9.17) is 0 Å². The Morgan fingerprint density at radius 1 is 1.38 bits per heavy atom. The van der Waals surface area contributed by atoms with Gasteiger partial charge in [-0.3, -0.25) is 15.5 Å². The van der Waals surface area contributed by atoms with E-state index >= 15 is 0 Å². The van der Waals surface area contributed by atoms with E-state index in [9.17, 15) is 23.3 Å². The normalized spacial score (nSPS) is 22.4. The molecular formula is C16H20F3N3O2. The molecule has 1 aromatic rings. The van der Waals surface area contributed by atoms with Gasteiger partial charge in [-0.25, -0.2) is 0 Å². The third kappa shape index (κ3) is 4.46. The third-order valence-electron chi connectivity index (χ3n) is 4.02. The van der Waals surface area contributed by atoms with Crippen LogP contribution in [0.2, 0.25) is 0 Å². The van der Waals surface area contributed by atoms with Crippen molar-refractivity contribution in [2.24, 2.45) is 16.4 Å². The Balaban J connectivity index is 2.26. The second-order valence-corrected chi connectivity index (χ2v) is 7.13. The molecule has 8 heteroatoms. The number of anilines is 1. The number of halogens is 3. The van der Waals surface area contributed by atoms with Crippen LogP contribution >= 0.6 is 0 Å². The van der Waals surface area contributed by atoms with Crippen LogP contribution in [0.15, 0.2) is 23.3 Å². The monoisotopic (exact) mass is 343 g/mol. The van der Waals surface area contributed by atoms with E-state index in [2.05, 4.69) is 31.3 Å². The number of nitrogens with zero attached hydrogens (tertiary/aromatic N) is 2. The molecule has 2 rings (SSSR count). The molecule has 1 saturated carbocycles. The summed E-state index contributed by atoms with van der Waals surface area (Å²) in [6.45, 7) is 6.36. The summed E-state index contributed by atoms with van der Waals surface area (Å²) in [5, 5.41) is 15.3. The van der Waals surface area contributed by atoms with Crippen molar-refractivity contribution in [3.63, 3.8) is 0 Å². The molecule has 24 heavy (non-hydrogen) atoms. The summed E-state index contributed by atoms with van der Waals surface area (Å²) in [7, 11) is 0. The molecule has 0 bridgehead atoms. The molecule has 1 aliphatic carbocycles. The first-order valence-corrected chi connectivity index (χ1v) is 7.65. The van der Waals surface area contributed by atoms with E-state index in [0.717, 1.165) is 37.1 Å². The molecule has 0 spiro atoms. The minimum atomic E-state index is -4.63. The van der Waals surface area contributed by atoms with Gasteiger partial charge in [0.25, 0.3) is 5.69 Å². The molecule has 0 saturated heterocycles. The molecule has 0 aliphatic heterocycles. The second kappa shape index (κ2) is 6.41. The molecule has 1 aliphatic rings. The van der Waals surface area contributed by atoms with Gasteiger partial charge in [-0.05, 0) is 42.7 Å². The second-order valence-electron chi connectivity index (χ2n) is 7.13. The lowest BCUT2D eigenvalue weighted by molar-refractivity contribution is -0.384. The average molecular weight is 343 g/mol. The van der Waals surface area contributed by atoms with Gasteiger partial charge in [0.15, 0.2) is 0 Å². The van der Waals surface area contributed by atoms with Crippen molar-refractivity contribution in [3.8, 4) is 0 Å². The maximum atomic E-state index is 12.7. The van der Waals surface area contributed by atoms with Gasteiger partial charge in [0.1, 0.15) is 5.69 Å². The van der Waals surface area contributed by atoms with Crippen LogP contribution in [-0.4, -0.2) is 10.6 Å². The van der Waals surface area contributed by atoms with Crippen LogP contribution in [0.4, 0.5) is 24.5 Å². The Hall–Kier alpha value is -2.12. The summed E-state index contributed by atoms with van der Waals surface area (Å²) in [6.07, 6.45) is -2.05. The molecular weight excluding hydrogens is 323 g/mol. The number of nitro groups is 1. The van der Waals surface area contributed by atoms with Crippen LogP contribution in [0.25, 0.3) is 0 Å². The van der Waals surface area contributed by atoms with Gasteiger partial charge in [-0.15, -0.1) is 0 Å². The minimum absolute atomic E-state index is 0.0449. The highest BCUT2D eigenvalue weighted by molar-refractivity contribution is 5.87. The molecule has 1 fully saturated rings. The zero-order chi connectivity index (χ0) is 18.1. The Kier molecular flexibility index (Phi) is 4.87. The van der Waals surface area contributed by atoms with Gasteiger partial charge in [0.2, 0.25) is 0 Å². The molecule has 1 aromatic carbocycles. The summed E-state index contributed by atoms with van der Waals surface area (Å²) in [5.41, 5.74) is 1.79. The first-order valence-electron chi connectivity index (χ1n) is 7.65. The fourth-order valence-corrected chi connectivity index (χ4v) is 3.29. The molecule has 0 radical (unpaired) electrons. The van der Waals surface area contributed by atoms with Crippen molar-refractivity contribution in [1.82, 2.24) is 0 Å². The number of hydrazone groups is 1. The number of nitrogens with one attached hydrogen (secondary N) is 1. The zero-order valence-electron chi connectivity index (χ0n) is 13.8. The molecule has 0 heterocycles. The topological polar surface area (TPSA) is 67.5 Å². The van der Waals surface area contributed by atoms with Crippen molar-refractivity contribution >= 4 is 17.1 Å². The number of alkyl halides is 3. The molecule has 1 atom stereocenters. The van der Waals surface area contributed by atoms with Gasteiger partial charge in [-0.2, -0.15) is 18.3 Å². The van der Waals surface area contributed by atoms with Crippen LogP contribution < -0.4 is 5.43 Å². The highest BCUT2D eigenvalue weighted by atomic mass is 19.4. The van der Waals surface area contributed by atoms with Gasteiger partial charge in [-0.1, -0.05) is 20.8 Å². The van der Waals surface area contributed by atoms with Gasteiger partial charge in [0, 0.05) is 11.8 Å². The van der Waals surface area contributed by atoms with Crippen molar-refractivity contribution < 1.29 is 18.1 Å². The minimum Gasteiger partial charge on any atom is -0.272 e. The third-order valence-corrected chi connectivity index (χ3v) is 4.02. The Morgan fingerprint density at radius 2 is 2.04 bits per heavy atom. The number of nitro benzene ring substituents is 1. The largest absolute Gasteiger partial charge is 0.416 e.